The summed E-state index contributed by atoms with van der Waals surface area (Å²) in [7, 11) is 0. The zero-order valence-electron chi connectivity index (χ0n) is 14.0. The van der Waals surface area contributed by atoms with Crippen LogP contribution in [0.2, 0.25) is 0 Å². The van der Waals surface area contributed by atoms with Gasteiger partial charge in [0.15, 0.2) is 11.5 Å². The van der Waals surface area contributed by atoms with Crippen molar-refractivity contribution in [2.45, 2.75) is 32.4 Å². The number of hydrogen-bond acceptors (Lipinski definition) is 7. The highest BCUT2D eigenvalue weighted by Crippen LogP contribution is 2.21. The van der Waals surface area contributed by atoms with E-state index in [4.69, 9.17) is 0 Å². The van der Waals surface area contributed by atoms with Gasteiger partial charge in [0.05, 0.1) is 11.6 Å². The maximum Gasteiger partial charge on any atom is 0.293 e. The van der Waals surface area contributed by atoms with E-state index in [1.54, 1.807) is 23.2 Å². The van der Waals surface area contributed by atoms with Crippen LogP contribution in [-0.4, -0.2) is 48.8 Å². The second-order valence-corrected chi connectivity index (χ2v) is 6.10. The van der Waals surface area contributed by atoms with Crippen LogP contribution in [0.15, 0.2) is 29.7 Å². The van der Waals surface area contributed by atoms with Crippen molar-refractivity contribution in [1.29, 1.82) is 0 Å². The Bertz CT molecular complexity index is 925. The van der Waals surface area contributed by atoms with E-state index >= 15 is 0 Å². The second-order valence-electron chi connectivity index (χ2n) is 6.10. The van der Waals surface area contributed by atoms with E-state index in [9.17, 15) is 4.79 Å². The van der Waals surface area contributed by atoms with Gasteiger partial charge in [0.2, 0.25) is 0 Å². The van der Waals surface area contributed by atoms with Crippen LogP contribution >= 0.6 is 0 Å². The summed E-state index contributed by atoms with van der Waals surface area (Å²) in [6.07, 6.45) is 8.50. The second kappa shape index (κ2) is 6.50. The third-order valence-corrected chi connectivity index (χ3v) is 4.62. The number of rotatable bonds is 4. The number of nitrogens with one attached hydrogen (secondary N) is 2. The molecule has 0 aromatic carbocycles. The van der Waals surface area contributed by atoms with Gasteiger partial charge in [-0.25, -0.2) is 15.0 Å². The summed E-state index contributed by atoms with van der Waals surface area (Å²) in [6.45, 7) is 4.18. The molecule has 0 bridgehead atoms. The largest absolute Gasteiger partial charge is 0.366 e. The molecule has 1 aliphatic heterocycles. The number of aryl methyl sites for hydroxylation is 1. The molecule has 9 nitrogen and oxygen atoms in total. The highest BCUT2D eigenvalue weighted by molar-refractivity contribution is 5.85. The summed E-state index contributed by atoms with van der Waals surface area (Å²) < 4.78 is 1.68. The molecule has 25 heavy (non-hydrogen) atoms. The molecule has 0 saturated carbocycles. The molecule has 0 atom stereocenters. The van der Waals surface area contributed by atoms with Gasteiger partial charge in [0.1, 0.15) is 12.1 Å². The van der Waals surface area contributed by atoms with Crippen LogP contribution in [0.25, 0.3) is 11.0 Å². The fourth-order valence-corrected chi connectivity index (χ4v) is 3.21. The van der Waals surface area contributed by atoms with E-state index in [2.05, 4.69) is 35.4 Å². The third kappa shape index (κ3) is 2.92. The van der Waals surface area contributed by atoms with Crippen molar-refractivity contribution in [3.8, 4) is 0 Å². The first-order valence-corrected chi connectivity index (χ1v) is 8.47. The van der Waals surface area contributed by atoms with Crippen LogP contribution in [0, 0.1) is 0 Å². The molecule has 130 valence electrons. The van der Waals surface area contributed by atoms with Crippen molar-refractivity contribution in [2.24, 2.45) is 0 Å². The minimum absolute atomic E-state index is 0.0210. The number of nitrogens with zero attached hydrogens (tertiary/aromatic N) is 6. The number of H-pyrrole nitrogens is 1. The van der Waals surface area contributed by atoms with Gasteiger partial charge in [-0.15, -0.1) is 0 Å². The molecule has 1 saturated heterocycles. The molecule has 0 unspecified atom stereocenters. The molecule has 9 heteroatoms. The Kier molecular flexibility index (Phi) is 4.04. The molecule has 4 rings (SSSR count). The Hall–Kier alpha value is -2.97. The molecule has 3 aromatic heterocycles. The van der Waals surface area contributed by atoms with Crippen LogP contribution in [-0.2, 0) is 6.54 Å². The van der Waals surface area contributed by atoms with Gasteiger partial charge in [-0.05, 0) is 19.8 Å². The van der Waals surface area contributed by atoms with E-state index in [0.29, 0.717) is 18.4 Å². The van der Waals surface area contributed by atoms with Gasteiger partial charge < -0.3 is 14.8 Å². The first-order valence-electron chi connectivity index (χ1n) is 8.47. The van der Waals surface area contributed by atoms with Gasteiger partial charge >= 0.3 is 0 Å². The topological polar surface area (TPSA) is 105 Å². The Balaban J connectivity index is 1.45. The molecular weight excluding hydrogens is 320 g/mol. The predicted octanol–water partition coefficient (Wildman–Crippen LogP) is 1.01. The summed E-state index contributed by atoms with van der Waals surface area (Å²) in [5, 5.41) is 11.2. The zero-order chi connectivity index (χ0) is 17.2. The van der Waals surface area contributed by atoms with Crippen molar-refractivity contribution >= 4 is 22.7 Å². The highest BCUT2D eigenvalue weighted by atomic mass is 16.1. The number of piperidine rings is 1. The average molecular weight is 340 g/mol. The summed E-state index contributed by atoms with van der Waals surface area (Å²) in [4.78, 5) is 27.2. The lowest BCUT2D eigenvalue weighted by molar-refractivity contribution is 0.519. The lowest BCUT2D eigenvalue weighted by Crippen LogP contribution is -2.42. The maximum atomic E-state index is 12.4. The van der Waals surface area contributed by atoms with E-state index in [1.165, 1.54) is 6.33 Å². The van der Waals surface area contributed by atoms with Crippen molar-refractivity contribution in [2.75, 3.05) is 23.3 Å². The number of anilines is 2. The lowest BCUT2D eigenvalue weighted by Gasteiger charge is -2.33. The molecule has 4 heterocycles. The normalized spacial score (nSPS) is 15.6. The van der Waals surface area contributed by atoms with Gasteiger partial charge in [-0.2, -0.15) is 5.10 Å². The standard InChI is InChI=1S/C16H20N8O/c1-2-23-8-5-17-15(16(23)25)24-6-3-11(4-7-24)21-13-12-9-20-22-14(12)19-10-18-13/h5,8-11H,2-4,6-7H2,1H3,(H2,18,19,20,21,22). The Morgan fingerprint density at radius 3 is 2.92 bits per heavy atom. The van der Waals surface area contributed by atoms with Crippen LogP contribution in [0.1, 0.15) is 19.8 Å². The van der Waals surface area contributed by atoms with Crippen molar-refractivity contribution in [3.05, 3.63) is 35.3 Å². The van der Waals surface area contributed by atoms with Gasteiger partial charge in [0, 0.05) is 38.1 Å². The van der Waals surface area contributed by atoms with E-state index < -0.39 is 0 Å². The average Bonchev–Trinajstić information content (AvgIpc) is 3.13. The highest BCUT2D eigenvalue weighted by Gasteiger charge is 2.23. The molecule has 0 spiro atoms. The summed E-state index contributed by atoms with van der Waals surface area (Å²) in [5.41, 5.74) is 0.704. The SMILES string of the molecule is CCn1ccnc(N2CCC(Nc3ncnc4[nH]ncc34)CC2)c1=O. The minimum Gasteiger partial charge on any atom is -0.366 e. The number of aromatic amines is 1. The quantitative estimate of drug-likeness (QED) is 0.730. The lowest BCUT2D eigenvalue weighted by atomic mass is 10.0. The first kappa shape index (κ1) is 15.6. The van der Waals surface area contributed by atoms with Crippen LogP contribution in [0.4, 0.5) is 11.6 Å². The van der Waals surface area contributed by atoms with Crippen molar-refractivity contribution in [3.63, 3.8) is 0 Å². The van der Waals surface area contributed by atoms with Gasteiger partial charge in [-0.3, -0.25) is 9.89 Å². The number of hydrogen-bond donors (Lipinski definition) is 2. The summed E-state index contributed by atoms with van der Waals surface area (Å²) >= 11 is 0. The Labute approximate surface area is 144 Å². The molecular formula is C16H20N8O. The fraction of sp³-hybridized carbons (Fsp3) is 0.438. The molecule has 3 aromatic rings. The molecule has 1 aliphatic rings. The third-order valence-electron chi connectivity index (χ3n) is 4.62. The number of fused-ring (bicyclic) bond motifs is 1. The molecule has 1 fully saturated rings. The molecule has 0 radical (unpaired) electrons. The summed E-state index contributed by atoms with van der Waals surface area (Å²) in [5.74, 6) is 1.34. The van der Waals surface area contributed by atoms with Crippen molar-refractivity contribution < 1.29 is 0 Å². The van der Waals surface area contributed by atoms with E-state index in [1.807, 2.05) is 6.92 Å². The smallest absolute Gasteiger partial charge is 0.293 e. The maximum absolute atomic E-state index is 12.4. The molecule has 0 amide bonds. The van der Waals surface area contributed by atoms with Gasteiger partial charge in [0.25, 0.3) is 5.56 Å². The number of aromatic nitrogens is 6. The van der Waals surface area contributed by atoms with Crippen LogP contribution in [0.3, 0.4) is 0 Å². The van der Waals surface area contributed by atoms with Crippen molar-refractivity contribution in [1.82, 2.24) is 29.7 Å². The van der Waals surface area contributed by atoms with E-state index in [0.717, 1.165) is 42.8 Å². The first-order chi connectivity index (χ1) is 12.3. The van der Waals surface area contributed by atoms with Crippen LogP contribution < -0.4 is 15.8 Å². The fourth-order valence-electron chi connectivity index (χ4n) is 3.21. The molecule has 2 N–H and O–H groups in total. The molecule has 0 aliphatic carbocycles. The monoisotopic (exact) mass is 340 g/mol. The van der Waals surface area contributed by atoms with Gasteiger partial charge in [-0.1, -0.05) is 0 Å². The van der Waals surface area contributed by atoms with E-state index in [-0.39, 0.29) is 5.56 Å². The summed E-state index contributed by atoms with van der Waals surface area (Å²) in [6, 6.07) is 0.293. The Morgan fingerprint density at radius 1 is 1.28 bits per heavy atom. The zero-order valence-corrected chi connectivity index (χ0v) is 14.0. The predicted molar refractivity (Wildman–Crippen MR) is 94.7 cm³/mol. The Morgan fingerprint density at radius 2 is 2.12 bits per heavy atom. The van der Waals surface area contributed by atoms with Crippen LogP contribution in [0.5, 0.6) is 0 Å². The minimum atomic E-state index is -0.0210.